The molecule has 70 valence electrons. The molecule has 0 radical (unpaired) electrons. The van der Waals surface area contributed by atoms with Crippen LogP contribution < -0.4 is 0 Å². The van der Waals surface area contributed by atoms with Crippen molar-refractivity contribution >= 4 is 23.6 Å². The largest absolute Gasteiger partial charge is 0.464 e. The second-order valence-corrected chi connectivity index (χ2v) is 3.40. The van der Waals surface area contributed by atoms with Crippen molar-refractivity contribution in [3.8, 4) is 11.8 Å². The van der Waals surface area contributed by atoms with Crippen LogP contribution in [0.4, 0.5) is 0 Å². The monoisotopic (exact) mass is 202 g/mol. The van der Waals surface area contributed by atoms with Crippen LogP contribution in [0.5, 0.6) is 0 Å². The normalized spacial score (nSPS) is 9.79. The Morgan fingerprint density at radius 1 is 1.29 bits per heavy atom. The Morgan fingerprint density at radius 3 is 3.07 bits per heavy atom. The van der Waals surface area contributed by atoms with Gasteiger partial charge in [0.15, 0.2) is 0 Å². The molecule has 2 rings (SSSR count). The smallest absolute Gasteiger partial charge is 0.133 e. The van der Waals surface area contributed by atoms with Gasteiger partial charge >= 0.3 is 0 Å². The average molecular weight is 202 g/mol. The third-order valence-corrected chi connectivity index (χ3v) is 2.15. The second-order valence-electron chi connectivity index (χ2n) is 2.95. The lowest BCUT2D eigenvalue weighted by atomic mass is 10.1. The van der Waals surface area contributed by atoms with Gasteiger partial charge in [-0.05, 0) is 24.3 Å². The van der Waals surface area contributed by atoms with E-state index in [2.05, 4.69) is 24.5 Å². The number of rotatable bonds is 1. The van der Waals surface area contributed by atoms with Crippen LogP contribution in [0.3, 0.4) is 0 Å². The third kappa shape index (κ3) is 1.94. The molecule has 0 atom stereocenters. The first-order valence-corrected chi connectivity index (χ1v) is 5.10. The Bertz CT molecular complexity index is 487. The molecule has 0 fully saturated rings. The molecule has 0 aliphatic heterocycles. The highest BCUT2D eigenvalue weighted by atomic mass is 32.1. The Morgan fingerprint density at radius 2 is 2.21 bits per heavy atom. The lowest BCUT2D eigenvalue weighted by molar-refractivity contribution is 0.616. The van der Waals surface area contributed by atoms with Gasteiger partial charge in [0, 0.05) is 23.1 Å². The highest BCUT2D eigenvalue weighted by molar-refractivity contribution is 7.80. The molecular formula is C12H10OS. The first-order chi connectivity index (χ1) is 6.90. The zero-order valence-electron chi connectivity index (χ0n) is 7.66. The molecule has 0 saturated carbocycles. The topological polar surface area (TPSA) is 13.1 Å². The van der Waals surface area contributed by atoms with Crippen molar-refractivity contribution in [2.45, 2.75) is 6.42 Å². The van der Waals surface area contributed by atoms with Crippen molar-refractivity contribution in [1.82, 2.24) is 0 Å². The van der Waals surface area contributed by atoms with Gasteiger partial charge in [-0.25, -0.2) is 0 Å². The van der Waals surface area contributed by atoms with Crippen LogP contribution in [0.1, 0.15) is 12.0 Å². The summed E-state index contributed by atoms with van der Waals surface area (Å²) in [6.07, 6.45) is 2.52. The summed E-state index contributed by atoms with van der Waals surface area (Å²) in [6.45, 7) is 0. The standard InChI is InChI=1S/C12H10OS/c14-8-2-1-3-10-4-5-12-11(9-10)6-7-13-12/h4-7,9,14H,2,8H2. The van der Waals surface area contributed by atoms with Gasteiger partial charge in [-0.1, -0.05) is 11.8 Å². The molecule has 0 aliphatic carbocycles. The van der Waals surface area contributed by atoms with Crippen molar-refractivity contribution < 1.29 is 4.42 Å². The van der Waals surface area contributed by atoms with Gasteiger partial charge in [0.2, 0.25) is 0 Å². The van der Waals surface area contributed by atoms with E-state index in [0.29, 0.717) is 0 Å². The zero-order valence-corrected chi connectivity index (χ0v) is 8.55. The SMILES string of the molecule is SCCC#Cc1ccc2occc2c1. The van der Waals surface area contributed by atoms with E-state index in [4.69, 9.17) is 4.42 Å². The van der Waals surface area contributed by atoms with E-state index >= 15 is 0 Å². The van der Waals surface area contributed by atoms with Gasteiger partial charge in [0.1, 0.15) is 5.58 Å². The lowest BCUT2D eigenvalue weighted by Crippen LogP contribution is -1.74. The van der Waals surface area contributed by atoms with E-state index < -0.39 is 0 Å². The molecule has 1 aromatic heterocycles. The number of hydrogen-bond acceptors (Lipinski definition) is 2. The van der Waals surface area contributed by atoms with Crippen molar-refractivity contribution in [1.29, 1.82) is 0 Å². The minimum Gasteiger partial charge on any atom is -0.464 e. The van der Waals surface area contributed by atoms with E-state index in [9.17, 15) is 0 Å². The maximum atomic E-state index is 5.24. The minimum absolute atomic E-state index is 0.807. The third-order valence-electron chi connectivity index (χ3n) is 1.92. The van der Waals surface area contributed by atoms with Crippen LogP contribution in [0.2, 0.25) is 0 Å². The molecule has 1 nitrogen and oxygen atoms in total. The number of furan rings is 1. The fraction of sp³-hybridized carbons (Fsp3) is 0.167. The van der Waals surface area contributed by atoms with E-state index in [1.807, 2.05) is 24.3 Å². The van der Waals surface area contributed by atoms with Gasteiger partial charge in [-0.2, -0.15) is 12.6 Å². The predicted octanol–water partition coefficient (Wildman–Crippen LogP) is 3.10. The summed E-state index contributed by atoms with van der Waals surface area (Å²) >= 11 is 4.10. The van der Waals surface area contributed by atoms with Crippen molar-refractivity contribution in [2.24, 2.45) is 0 Å². The van der Waals surface area contributed by atoms with Gasteiger partial charge in [0.25, 0.3) is 0 Å². The van der Waals surface area contributed by atoms with Crippen LogP contribution >= 0.6 is 12.6 Å². The molecule has 0 spiro atoms. The van der Waals surface area contributed by atoms with Gasteiger partial charge in [-0.3, -0.25) is 0 Å². The van der Waals surface area contributed by atoms with Crippen LogP contribution in [0, 0.1) is 11.8 Å². The molecule has 0 unspecified atom stereocenters. The quantitative estimate of drug-likeness (QED) is 0.554. The number of thiol groups is 1. The molecule has 0 N–H and O–H groups in total. The van der Waals surface area contributed by atoms with Gasteiger partial charge in [-0.15, -0.1) is 0 Å². The molecule has 1 heterocycles. The van der Waals surface area contributed by atoms with Gasteiger partial charge in [0.05, 0.1) is 6.26 Å². The zero-order chi connectivity index (χ0) is 9.80. The number of hydrogen-bond donors (Lipinski definition) is 1. The molecule has 0 bridgehead atoms. The molecule has 1 aromatic carbocycles. The first-order valence-electron chi connectivity index (χ1n) is 4.47. The molecule has 2 heteroatoms. The molecule has 0 aliphatic rings. The summed E-state index contributed by atoms with van der Waals surface area (Å²) in [5.41, 5.74) is 1.94. The maximum absolute atomic E-state index is 5.24. The fourth-order valence-corrected chi connectivity index (χ4v) is 1.38. The lowest BCUT2D eigenvalue weighted by Gasteiger charge is -1.90. The molecular weight excluding hydrogens is 192 g/mol. The summed E-state index contributed by atoms with van der Waals surface area (Å²) in [6, 6.07) is 7.89. The van der Waals surface area contributed by atoms with Crippen molar-refractivity contribution in [3.05, 3.63) is 36.1 Å². The van der Waals surface area contributed by atoms with E-state index in [-0.39, 0.29) is 0 Å². The maximum Gasteiger partial charge on any atom is 0.133 e. The van der Waals surface area contributed by atoms with Crippen LogP contribution in [-0.2, 0) is 0 Å². The second kappa shape index (κ2) is 4.26. The Hall–Kier alpha value is -1.33. The van der Waals surface area contributed by atoms with Crippen LogP contribution in [-0.4, -0.2) is 5.75 Å². The molecule has 14 heavy (non-hydrogen) atoms. The predicted molar refractivity (Wildman–Crippen MR) is 61.6 cm³/mol. The van der Waals surface area contributed by atoms with Crippen LogP contribution in [0.15, 0.2) is 34.9 Å². The Labute approximate surface area is 88.5 Å². The minimum atomic E-state index is 0.807. The summed E-state index contributed by atoms with van der Waals surface area (Å²) in [5.74, 6) is 6.94. The number of fused-ring (bicyclic) bond motifs is 1. The van der Waals surface area contributed by atoms with E-state index in [1.165, 1.54) is 0 Å². The van der Waals surface area contributed by atoms with E-state index in [1.54, 1.807) is 6.26 Å². The van der Waals surface area contributed by atoms with Crippen molar-refractivity contribution in [2.75, 3.05) is 5.75 Å². The summed E-state index contributed by atoms with van der Waals surface area (Å²) in [5, 5.41) is 1.10. The highest BCUT2D eigenvalue weighted by Gasteiger charge is 1.95. The molecule has 0 saturated heterocycles. The van der Waals surface area contributed by atoms with Gasteiger partial charge < -0.3 is 4.42 Å². The highest BCUT2D eigenvalue weighted by Crippen LogP contribution is 2.16. The first kappa shape index (κ1) is 9.23. The summed E-state index contributed by atoms with van der Waals surface area (Å²) in [4.78, 5) is 0. The average Bonchev–Trinajstić information content (AvgIpc) is 2.65. The molecule has 2 aromatic rings. The molecule has 0 amide bonds. The summed E-state index contributed by atoms with van der Waals surface area (Å²) < 4.78 is 5.24. The van der Waals surface area contributed by atoms with Crippen LogP contribution in [0.25, 0.3) is 11.0 Å². The van der Waals surface area contributed by atoms with E-state index in [0.717, 1.165) is 28.7 Å². The van der Waals surface area contributed by atoms with Crippen molar-refractivity contribution in [3.63, 3.8) is 0 Å². The number of benzene rings is 1. The Balaban J connectivity index is 2.31. The Kier molecular flexibility index (Phi) is 2.81. The fourth-order valence-electron chi connectivity index (χ4n) is 1.26. The summed E-state index contributed by atoms with van der Waals surface area (Å²) in [7, 11) is 0.